The van der Waals surface area contributed by atoms with Crippen LogP contribution in [-0.2, 0) is 0 Å². The molecular weight excluding hydrogens is 175 g/mol. The second-order valence-electron chi connectivity index (χ2n) is 2.00. The van der Waals surface area contributed by atoms with Crippen molar-refractivity contribution in [3.05, 3.63) is 17.8 Å². The highest BCUT2D eigenvalue weighted by Gasteiger charge is 2.29. The van der Waals surface area contributed by atoms with Crippen LogP contribution in [0.1, 0.15) is 6.92 Å². The van der Waals surface area contributed by atoms with Crippen LogP contribution in [-0.4, -0.2) is 16.8 Å². The molecule has 0 spiro atoms. The minimum absolute atomic E-state index is 0.560. The lowest BCUT2D eigenvalue weighted by molar-refractivity contribution is 0.00588. The van der Waals surface area contributed by atoms with Crippen molar-refractivity contribution in [3.8, 4) is 0 Å². The van der Waals surface area contributed by atoms with Crippen molar-refractivity contribution in [3.63, 3.8) is 0 Å². The van der Waals surface area contributed by atoms with Gasteiger partial charge in [0.2, 0.25) is 0 Å². The molecule has 1 aliphatic rings. The molecule has 1 nitrogen and oxygen atoms in total. The largest absolute Gasteiger partial charge is 0.315 e. The molecular formula is C6H7F3NS. The molecule has 0 aromatic carbocycles. The maximum absolute atomic E-state index is 12.4. The molecule has 0 aromatic rings. The highest BCUT2D eigenvalue weighted by molar-refractivity contribution is 8.03. The van der Waals surface area contributed by atoms with E-state index in [0.717, 1.165) is 18.0 Å². The Balaban J connectivity index is 2.61. The van der Waals surface area contributed by atoms with Crippen LogP contribution in [0.5, 0.6) is 0 Å². The summed E-state index contributed by atoms with van der Waals surface area (Å²) in [6, 6.07) is 0. The normalized spacial score (nSPS) is 24.6. The molecule has 0 saturated heterocycles. The fraction of sp³-hybridized carbons (Fsp3) is 0.500. The first-order valence-electron chi connectivity index (χ1n) is 3.04. The van der Waals surface area contributed by atoms with Gasteiger partial charge in [0.15, 0.2) is 5.16 Å². The van der Waals surface area contributed by atoms with Gasteiger partial charge in [-0.3, -0.25) is 0 Å². The summed E-state index contributed by atoms with van der Waals surface area (Å²) in [6.07, 6.45) is 2.36. The Bertz CT molecular complexity index is 171. The zero-order valence-electron chi connectivity index (χ0n) is 5.80. The summed E-state index contributed by atoms with van der Waals surface area (Å²) >= 11 is 0.787. The smallest absolute Gasteiger partial charge is 0.306 e. The lowest BCUT2D eigenvalue weighted by Gasteiger charge is -2.20. The van der Waals surface area contributed by atoms with Gasteiger partial charge in [0, 0.05) is 6.20 Å². The van der Waals surface area contributed by atoms with Gasteiger partial charge < -0.3 is 4.90 Å². The van der Waals surface area contributed by atoms with Gasteiger partial charge in [-0.25, -0.2) is 0 Å². The third kappa shape index (κ3) is 1.83. The van der Waals surface area contributed by atoms with Crippen molar-refractivity contribution in [2.24, 2.45) is 0 Å². The molecule has 0 bridgehead atoms. The highest BCUT2D eigenvalue weighted by atomic mass is 32.2. The highest BCUT2D eigenvalue weighted by Crippen LogP contribution is 2.36. The summed E-state index contributed by atoms with van der Waals surface area (Å²) in [7, 11) is 0. The van der Waals surface area contributed by atoms with E-state index in [-0.39, 0.29) is 0 Å². The second-order valence-corrected chi connectivity index (χ2v) is 3.11. The monoisotopic (exact) mass is 182 g/mol. The molecule has 0 fully saturated rings. The number of alkyl halides is 2. The van der Waals surface area contributed by atoms with Gasteiger partial charge in [-0.05, 0) is 6.42 Å². The summed E-state index contributed by atoms with van der Waals surface area (Å²) < 4.78 is 36.5. The Morgan fingerprint density at radius 3 is 2.73 bits per heavy atom. The summed E-state index contributed by atoms with van der Waals surface area (Å²) in [5.41, 5.74) is 0. The van der Waals surface area contributed by atoms with Crippen LogP contribution in [0.4, 0.5) is 13.2 Å². The predicted molar refractivity (Wildman–Crippen MR) is 38.4 cm³/mol. The molecule has 63 valence electrons. The van der Waals surface area contributed by atoms with E-state index >= 15 is 0 Å². The number of hydrogen-bond acceptors (Lipinski definition) is 2. The Hall–Kier alpha value is -0.320. The molecule has 0 saturated carbocycles. The quantitative estimate of drug-likeness (QED) is 0.604. The van der Waals surface area contributed by atoms with Crippen molar-refractivity contribution >= 4 is 11.8 Å². The fourth-order valence-electron chi connectivity index (χ4n) is 0.805. The Labute approximate surface area is 67.2 Å². The van der Waals surface area contributed by atoms with Gasteiger partial charge in [0.05, 0.1) is 5.37 Å². The van der Waals surface area contributed by atoms with Crippen molar-refractivity contribution < 1.29 is 13.2 Å². The van der Waals surface area contributed by atoms with E-state index in [0.29, 0.717) is 4.90 Å². The number of halogens is 3. The van der Waals surface area contributed by atoms with Crippen molar-refractivity contribution in [1.82, 2.24) is 4.90 Å². The van der Waals surface area contributed by atoms with Crippen LogP contribution < -0.4 is 0 Å². The summed E-state index contributed by atoms with van der Waals surface area (Å²) in [4.78, 5) is 0.681. The van der Waals surface area contributed by atoms with E-state index < -0.39 is 17.1 Å². The zero-order chi connectivity index (χ0) is 8.43. The standard InChI is InChI=1S/C6H7F3NS/c1-2-5-10(6(8)9)3-4(7)11-5/h2-3,5-6H,1H3. The van der Waals surface area contributed by atoms with Gasteiger partial charge in [0.25, 0.3) is 0 Å². The van der Waals surface area contributed by atoms with E-state index in [1.165, 1.54) is 6.42 Å². The fourth-order valence-corrected chi connectivity index (χ4v) is 1.63. The van der Waals surface area contributed by atoms with E-state index in [1.807, 2.05) is 0 Å². The minimum atomic E-state index is -2.63. The zero-order valence-corrected chi connectivity index (χ0v) is 6.62. The van der Waals surface area contributed by atoms with Crippen LogP contribution >= 0.6 is 11.8 Å². The first-order valence-corrected chi connectivity index (χ1v) is 3.92. The molecule has 1 heterocycles. The molecule has 0 aliphatic carbocycles. The van der Waals surface area contributed by atoms with Gasteiger partial charge in [-0.2, -0.15) is 13.2 Å². The number of nitrogens with zero attached hydrogens (tertiary/aromatic N) is 1. The van der Waals surface area contributed by atoms with E-state index in [4.69, 9.17) is 0 Å². The lowest BCUT2D eigenvalue weighted by atomic mass is 10.4. The average molecular weight is 182 g/mol. The molecule has 1 unspecified atom stereocenters. The van der Waals surface area contributed by atoms with Crippen LogP contribution in [0, 0.1) is 6.42 Å². The first kappa shape index (κ1) is 8.77. The van der Waals surface area contributed by atoms with Crippen molar-refractivity contribution in [1.29, 1.82) is 0 Å². The molecule has 0 N–H and O–H groups in total. The van der Waals surface area contributed by atoms with Gasteiger partial charge >= 0.3 is 6.55 Å². The molecule has 0 aromatic heterocycles. The molecule has 1 rings (SSSR count). The van der Waals surface area contributed by atoms with Crippen LogP contribution in [0.2, 0.25) is 0 Å². The topological polar surface area (TPSA) is 3.24 Å². The van der Waals surface area contributed by atoms with Crippen molar-refractivity contribution in [2.75, 3.05) is 0 Å². The molecule has 0 amide bonds. The number of hydrogen-bond donors (Lipinski definition) is 0. The Kier molecular flexibility index (Phi) is 2.70. The third-order valence-corrected chi connectivity index (χ3v) is 2.38. The SMILES string of the molecule is C[CH]C1SC(F)=CN1C(F)F. The Morgan fingerprint density at radius 1 is 1.73 bits per heavy atom. The van der Waals surface area contributed by atoms with Crippen LogP contribution in [0.3, 0.4) is 0 Å². The third-order valence-electron chi connectivity index (χ3n) is 1.29. The minimum Gasteiger partial charge on any atom is -0.306 e. The molecule has 11 heavy (non-hydrogen) atoms. The van der Waals surface area contributed by atoms with E-state index in [1.54, 1.807) is 6.92 Å². The molecule has 5 heteroatoms. The van der Waals surface area contributed by atoms with E-state index in [2.05, 4.69) is 0 Å². The average Bonchev–Trinajstić information content (AvgIpc) is 2.30. The maximum atomic E-state index is 12.4. The molecule has 1 radical (unpaired) electrons. The van der Waals surface area contributed by atoms with E-state index in [9.17, 15) is 13.2 Å². The number of thioether (sulfide) groups is 1. The van der Waals surface area contributed by atoms with Gasteiger partial charge in [-0.15, -0.1) is 0 Å². The molecule has 1 aliphatic heterocycles. The van der Waals surface area contributed by atoms with Gasteiger partial charge in [-0.1, -0.05) is 18.7 Å². The maximum Gasteiger partial charge on any atom is 0.315 e. The number of rotatable bonds is 2. The predicted octanol–water partition coefficient (Wildman–Crippen LogP) is 2.58. The Morgan fingerprint density at radius 2 is 2.36 bits per heavy atom. The first-order chi connectivity index (χ1) is 5.15. The van der Waals surface area contributed by atoms with Gasteiger partial charge in [0.1, 0.15) is 0 Å². The summed E-state index contributed by atoms with van der Waals surface area (Å²) in [5, 5.41) is -1.12. The molecule has 1 atom stereocenters. The summed E-state index contributed by atoms with van der Waals surface area (Å²) in [5.74, 6) is 0. The van der Waals surface area contributed by atoms with Crippen LogP contribution in [0.15, 0.2) is 11.4 Å². The summed E-state index contributed by atoms with van der Waals surface area (Å²) in [6.45, 7) is -1.00. The second kappa shape index (κ2) is 3.38. The lowest BCUT2D eigenvalue weighted by Crippen LogP contribution is -2.29. The van der Waals surface area contributed by atoms with Crippen molar-refractivity contribution in [2.45, 2.75) is 18.8 Å². The van der Waals surface area contributed by atoms with Crippen LogP contribution in [0.25, 0.3) is 0 Å².